The summed E-state index contributed by atoms with van der Waals surface area (Å²) in [4.78, 5) is 0. The number of aliphatic hydroxyl groups is 1. The molecular formula is C13H22O3. The normalized spacial score (nSPS) is 27.8. The van der Waals surface area contributed by atoms with Gasteiger partial charge in [-0.05, 0) is 25.0 Å². The molecule has 3 heteroatoms. The second kappa shape index (κ2) is 7.39. The summed E-state index contributed by atoms with van der Waals surface area (Å²) in [5, 5.41) is 9.63. The van der Waals surface area contributed by atoms with Crippen LogP contribution in [0.25, 0.3) is 0 Å². The van der Waals surface area contributed by atoms with E-state index in [1.54, 1.807) is 27.4 Å². The van der Waals surface area contributed by atoms with Crippen molar-refractivity contribution in [1.82, 2.24) is 0 Å². The van der Waals surface area contributed by atoms with Crippen LogP contribution in [0.4, 0.5) is 0 Å². The largest absolute Gasteiger partial charge is 0.388 e. The zero-order chi connectivity index (χ0) is 12.6. The van der Waals surface area contributed by atoms with Gasteiger partial charge in [0.05, 0.1) is 0 Å². The maximum Gasteiger partial charge on any atom is 0.113 e. The van der Waals surface area contributed by atoms with Crippen molar-refractivity contribution in [2.24, 2.45) is 0 Å². The second-order valence-electron chi connectivity index (χ2n) is 3.81. The van der Waals surface area contributed by atoms with Gasteiger partial charge in [0, 0.05) is 21.3 Å². The molecule has 16 heavy (non-hydrogen) atoms. The highest BCUT2D eigenvalue weighted by atomic mass is 16.5. The Hall–Kier alpha value is -0.900. The summed E-state index contributed by atoms with van der Waals surface area (Å²) in [7, 11) is 4.85. The van der Waals surface area contributed by atoms with Gasteiger partial charge in [-0.15, -0.1) is 6.58 Å². The summed E-state index contributed by atoms with van der Waals surface area (Å²) in [6, 6.07) is 0. The van der Waals surface area contributed by atoms with Crippen molar-refractivity contribution in [1.29, 1.82) is 0 Å². The maximum atomic E-state index is 9.63. The van der Waals surface area contributed by atoms with Crippen molar-refractivity contribution in [2.45, 2.75) is 25.0 Å². The molecule has 0 saturated heterocycles. The quantitative estimate of drug-likeness (QED) is 0.749. The Morgan fingerprint density at radius 3 is 2.50 bits per heavy atom. The molecule has 1 aliphatic rings. The van der Waals surface area contributed by atoms with Crippen LogP contribution < -0.4 is 0 Å². The van der Waals surface area contributed by atoms with Crippen LogP contribution in [-0.4, -0.2) is 38.1 Å². The van der Waals surface area contributed by atoms with E-state index in [2.05, 4.69) is 11.3 Å². The number of hydrogen-bond donors (Lipinski definition) is 1. The van der Waals surface area contributed by atoms with Crippen molar-refractivity contribution < 1.29 is 14.6 Å². The van der Waals surface area contributed by atoms with Gasteiger partial charge in [0.2, 0.25) is 0 Å². The van der Waals surface area contributed by atoms with Gasteiger partial charge in [0.15, 0.2) is 0 Å². The molecule has 0 aliphatic heterocycles. The maximum absolute atomic E-state index is 9.63. The molecule has 0 heterocycles. The van der Waals surface area contributed by atoms with Crippen molar-refractivity contribution in [2.75, 3.05) is 21.3 Å². The van der Waals surface area contributed by atoms with Gasteiger partial charge in [-0.1, -0.05) is 18.2 Å². The van der Waals surface area contributed by atoms with E-state index in [4.69, 9.17) is 4.74 Å². The number of hydrogen-bond acceptors (Lipinski definition) is 3. The number of allylic oxidation sites excluding steroid dienone is 3. The number of methoxy groups -OCH3 is 2. The zero-order valence-electron chi connectivity index (χ0n) is 10.6. The molecule has 2 unspecified atom stereocenters. The zero-order valence-corrected chi connectivity index (χ0v) is 10.6. The van der Waals surface area contributed by atoms with Crippen molar-refractivity contribution >= 4 is 0 Å². The lowest BCUT2D eigenvalue weighted by Gasteiger charge is -2.31. The van der Waals surface area contributed by atoms with Gasteiger partial charge < -0.3 is 14.6 Å². The SMILES string of the molecule is C=CCC1=CC(C)(OC)C(O)C=C1.COC. The number of ether oxygens (including phenoxy) is 2. The van der Waals surface area contributed by atoms with Gasteiger partial charge in [-0.3, -0.25) is 0 Å². The van der Waals surface area contributed by atoms with E-state index in [0.29, 0.717) is 0 Å². The van der Waals surface area contributed by atoms with Gasteiger partial charge >= 0.3 is 0 Å². The highest BCUT2D eigenvalue weighted by Crippen LogP contribution is 2.26. The van der Waals surface area contributed by atoms with Crippen LogP contribution in [0.15, 0.2) is 36.5 Å². The molecule has 0 radical (unpaired) electrons. The Balaban J connectivity index is 0.000000673. The Bertz CT molecular complexity index is 268. The van der Waals surface area contributed by atoms with Crippen molar-refractivity contribution in [3.05, 3.63) is 36.5 Å². The summed E-state index contributed by atoms with van der Waals surface area (Å²) in [5.41, 5.74) is 0.539. The minimum atomic E-state index is -0.590. The molecular weight excluding hydrogens is 204 g/mol. The van der Waals surface area contributed by atoms with E-state index in [1.807, 2.05) is 25.2 Å². The summed E-state index contributed by atoms with van der Waals surface area (Å²) < 4.78 is 9.51. The van der Waals surface area contributed by atoms with Crippen molar-refractivity contribution in [3.8, 4) is 0 Å². The fourth-order valence-electron chi connectivity index (χ4n) is 1.38. The average Bonchev–Trinajstić information content (AvgIpc) is 2.25. The van der Waals surface area contributed by atoms with Crippen molar-refractivity contribution in [3.63, 3.8) is 0 Å². The number of aliphatic hydroxyl groups excluding tert-OH is 1. The first kappa shape index (κ1) is 15.1. The predicted octanol–water partition coefficient (Wildman–Crippen LogP) is 2.09. The molecule has 3 nitrogen and oxygen atoms in total. The highest BCUT2D eigenvalue weighted by molar-refractivity contribution is 5.32. The molecule has 0 aromatic heterocycles. The lowest BCUT2D eigenvalue weighted by Crippen LogP contribution is -2.39. The molecule has 1 N–H and O–H groups in total. The molecule has 0 saturated carbocycles. The van der Waals surface area contributed by atoms with Crippen LogP contribution in [0.1, 0.15) is 13.3 Å². The molecule has 0 spiro atoms. The van der Waals surface area contributed by atoms with Crippen LogP contribution in [0.5, 0.6) is 0 Å². The average molecular weight is 226 g/mol. The Labute approximate surface area is 98.1 Å². The lowest BCUT2D eigenvalue weighted by molar-refractivity contribution is -0.0363. The summed E-state index contributed by atoms with van der Waals surface area (Å²) in [6.07, 6.45) is 7.69. The molecule has 0 fully saturated rings. The molecule has 0 aromatic rings. The van der Waals surface area contributed by atoms with Gasteiger partial charge in [-0.25, -0.2) is 0 Å². The monoisotopic (exact) mass is 226 g/mol. The van der Waals surface area contributed by atoms with Crippen LogP contribution in [-0.2, 0) is 9.47 Å². The molecule has 0 amide bonds. The molecule has 0 bridgehead atoms. The molecule has 0 aromatic carbocycles. The fourth-order valence-corrected chi connectivity index (χ4v) is 1.38. The van der Waals surface area contributed by atoms with Crippen LogP contribution in [0, 0.1) is 0 Å². The number of rotatable bonds is 3. The predicted molar refractivity (Wildman–Crippen MR) is 66.4 cm³/mol. The standard InChI is InChI=1S/C11H16O2.C2H6O/c1-4-5-9-6-7-10(12)11(2,8-9)13-3;1-3-2/h4,6-8,10,12H,1,5H2,2-3H3;1-2H3. The van der Waals surface area contributed by atoms with Crippen LogP contribution >= 0.6 is 0 Å². The summed E-state index contributed by atoms with van der Waals surface area (Å²) >= 11 is 0. The van der Waals surface area contributed by atoms with Gasteiger partial charge in [-0.2, -0.15) is 0 Å². The van der Waals surface area contributed by atoms with Crippen LogP contribution in [0.2, 0.25) is 0 Å². The molecule has 2 atom stereocenters. The van der Waals surface area contributed by atoms with Gasteiger partial charge in [0.1, 0.15) is 11.7 Å². The fraction of sp³-hybridized carbons (Fsp3) is 0.538. The third kappa shape index (κ3) is 4.31. The lowest BCUT2D eigenvalue weighted by atomic mass is 9.89. The van der Waals surface area contributed by atoms with E-state index >= 15 is 0 Å². The van der Waals surface area contributed by atoms with Crippen LogP contribution in [0.3, 0.4) is 0 Å². The first-order valence-electron chi connectivity index (χ1n) is 5.18. The third-order valence-electron chi connectivity index (χ3n) is 2.37. The summed E-state index contributed by atoms with van der Waals surface area (Å²) in [6.45, 7) is 5.53. The first-order valence-corrected chi connectivity index (χ1v) is 5.18. The van der Waals surface area contributed by atoms with E-state index < -0.39 is 11.7 Å². The smallest absolute Gasteiger partial charge is 0.113 e. The topological polar surface area (TPSA) is 38.7 Å². The summed E-state index contributed by atoms with van der Waals surface area (Å²) in [5.74, 6) is 0. The third-order valence-corrected chi connectivity index (χ3v) is 2.37. The Morgan fingerprint density at radius 1 is 1.50 bits per heavy atom. The Kier molecular flexibility index (Phi) is 6.97. The molecule has 92 valence electrons. The van der Waals surface area contributed by atoms with E-state index in [-0.39, 0.29) is 0 Å². The second-order valence-corrected chi connectivity index (χ2v) is 3.81. The Morgan fingerprint density at radius 2 is 2.06 bits per heavy atom. The first-order chi connectivity index (χ1) is 7.53. The minimum Gasteiger partial charge on any atom is -0.388 e. The van der Waals surface area contributed by atoms with E-state index in [1.165, 1.54) is 0 Å². The molecule has 1 aliphatic carbocycles. The molecule has 1 rings (SSSR count). The van der Waals surface area contributed by atoms with E-state index in [0.717, 1.165) is 12.0 Å². The highest BCUT2D eigenvalue weighted by Gasteiger charge is 2.31. The van der Waals surface area contributed by atoms with Gasteiger partial charge in [0.25, 0.3) is 0 Å². The van der Waals surface area contributed by atoms with E-state index in [9.17, 15) is 5.11 Å². The minimum absolute atomic E-state index is 0.564.